The zero-order valence-electron chi connectivity index (χ0n) is 14.2. The van der Waals surface area contributed by atoms with E-state index in [4.69, 9.17) is 0 Å². The number of likely N-dealkylation sites (tertiary alicyclic amines) is 1. The molecule has 19 heavy (non-hydrogen) atoms. The summed E-state index contributed by atoms with van der Waals surface area (Å²) < 4.78 is 0. The summed E-state index contributed by atoms with van der Waals surface area (Å²) in [6.07, 6.45) is 5.29. The van der Waals surface area contributed by atoms with Crippen molar-refractivity contribution in [2.75, 3.05) is 26.2 Å². The van der Waals surface area contributed by atoms with E-state index in [0.717, 1.165) is 6.54 Å². The molecule has 1 N–H and O–H groups in total. The van der Waals surface area contributed by atoms with E-state index in [0.29, 0.717) is 16.9 Å². The fourth-order valence-corrected chi connectivity index (χ4v) is 3.23. The lowest BCUT2D eigenvalue weighted by Gasteiger charge is -2.35. The molecule has 1 rings (SSSR count). The molecule has 0 radical (unpaired) electrons. The first-order valence-electron chi connectivity index (χ1n) is 8.32. The van der Waals surface area contributed by atoms with Gasteiger partial charge in [0.05, 0.1) is 0 Å². The molecule has 0 aromatic heterocycles. The van der Waals surface area contributed by atoms with Gasteiger partial charge >= 0.3 is 0 Å². The predicted octanol–water partition coefficient (Wildman–Crippen LogP) is 3.91. The molecule has 0 spiro atoms. The van der Waals surface area contributed by atoms with E-state index in [9.17, 15) is 0 Å². The SMILES string of the molecule is CCCNC(CN1CCC(CC)(CC)C1)C(C)(C)C. The average Bonchev–Trinajstić information content (AvgIpc) is 2.77. The Balaban J connectivity index is 2.56. The molecule has 0 bridgehead atoms. The molecular weight excluding hydrogens is 232 g/mol. The Bertz CT molecular complexity index is 250. The van der Waals surface area contributed by atoms with Gasteiger partial charge in [0.15, 0.2) is 0 Å². The Labute approximate surface area is 121 Å². The minimum atomic E-state index is 0.346. The van der Waals surface area contributed by atoms with Crippen LogP contribution in [0.15, 0.2) is 0 Å². The molecule has 0 amide bonds. The number of hydrogen-bond acceptors (Lipinski definition) is 2. The van der Waals surface area contributed by atoms with E-state index in [2.05, 4.69) is 51.8 Å². The summed E-state index contributed by atoms with van der Waals surface area (Å²) >= 11 is 0. The smallest absolute Gasteiger partial charge is 0.0243 e. The lowest BCUT2D eigenvalue weighted by atomic mass is 9.82. The van der Waals surface area contributed by atoms with Crippen LogP contribution >= 0.6 is 0 Å². The Morgan fingerprint density at radius 2 is 1.79 bits per heavy atom. The summed E-state index contributed by atoms with van der Waals surface area (Å²) in [5.74, 6) is 0. The van der Waals surface area contributed by atoms with Gasteiger partial charge in [-0.25, -0.2) is 0 Å². The molecule has 1 atom stereocenters. The summed E-state index contributed by atoms with van der Waals surface area (Å²) in [7, 11) is 0. The van der Waals surface area contributed by atoms with Crippen LogP contribution < -0.4 is 5.32 Å². The van der Waals surface area contributed by atoms with Gasteiger partial charge in [-0.3, -0.25) is 0 Å². The van der Waals surface area contributed by atoms with Gasteiger partial charge in [0.25, 0.3) is 0 Å². The number of nitrogens with one attached hydrogen (secondary N) is 1. The van der Waals surface area contributed by atoms with E-state index in [1.165, 1.54) is 45.3 Å². The van der Waals surface area contributed by atoms with Crippen LogP contribution in [-0.4, -0.2) is 37.1 Å². The Kier molecular flexibility index (Phi) is 6.32. The monoisotopic (exact) mass is 268 g/mol. The van der Waals surface area contributed by atoms with Crippen LogP contribution in [0.1, 0.15) is 67.2 Å². The molecule has 0 aliphatic carbocycles. The third-order valence-corrected chi connectivity index (χ3v) is 5.14. The molecule has 2 heteroatoms. The maximum atomic E-state index is 3.76. The minimum Gasteiger partial charge on any atom is -0.312 e. The van der Waals surface area contributed by atoms with Crippen molar-refractivity contribution >= 4 is 0 Å². The van der Waals surface area contributed by atoms with Gasteiger partial charge in [0.1, 0.15) is 0 Å². The van der Waals surface area contributed by atoms with Gasteiger partial charge in [0, 0.05) is 19.1 Å². The lowest BCUT2D eigenvalue weighted by molar-refractivity contribution is 0.174. The highest BCUT2D eigenvalue weighted by Crippen LogP contribution is 2.37. The Morgan fingerprint density at radius 1 is 1.16 bits per heavy atom. The number of hydrogen-bond donors (Lipinski definition) is 1. The first kappa shape index (κ1) is 17.0. The second-order valence-corrected chi connectivity index (χ2v) is 7.56. The van der Waals surface area contributed by atoms with Crippen molar-refractivity contribution in [3.63, 3.8) is 0 Å². The molecule has 114 valence electrons. The van der Waals surface area contributed by atoms with E-state index >= 15 is 0 Å². The van der Waals surface area contributed by atoms with E-state index in [-0.39, 0.29) is 0 Å². The van der Waals surface area contributed by atoms with Gasteiger partial charge in [0.2, 0.25) is 0 Å². The molecule has 1 aliphatic rings. The first-order chi connectivity index (χ1) is 8.87. The molecule has 1 aliphatic heterocycles. The average molecular weight is 268 g/mol. The van der Waals surface area contributed by atoms with Crippen LogP contribution in [0.2, 0.25) is 0 Å². The molecule has 1 unspecified atom stereocenters. The number of rotatable bonds is 7. The third-order valence-electron chi connectivity index (χ3n) is 5.14. The highest BCUT2D eigenvalue weighted by atomic mass is 15.2. The quantitative estimate of drug-likeness (QED) is 0.753. The Hall–Kier alpha value is -0.0800. The third kappa shape index (κ3) is 4.75. The summed E-state index contributed by atoms with van der Waals surface area (Å²) in [5, 5.41) is 3.76. The van der Waals surface area contributed by atoms with Crippen LogP contribution in [0, 0.1) is 10.8 Å². The van der Waals surface area contributed by atoms with Crippen LogP contribution in [0.25, 0.3) is 0 Å². The fraction of sp³-hybridized carbons (Fsp3) is 1.00. The summed E-state index contributed by atoms with van der Waals surface area (Å²) in [4.78, 5) is 2.70. The van der Waals surface area contributed by atoms with Gasteiger partial charge in [-0.05, 0) is 49.6 Å². The van der Waals surface area contributed by atoms with E-state index in [1.54, 1.807) is 0 Å². The normalized spacial score (nSPS) is 21.8. The number of nitrogens with zero attached hydrogens (tertiary/aromatic N) is 1. The van der Waals surface area contributed by atoms with Crippen molar-refractivity contribution in [1.29, 1.82) is 0 Å². The Morgan fingerprint density at radius 3 is 2.21 bits per heavy atom. The molecular formula is C17H36N2. The molecule has 0 saturated carbocycles. The van der Waals surface area contributed by atoms with Crippen molar-refractivity contribution in [2.24, 2.45) is 10.8 Å². The van der Waals surface area contributed by atoms with Crippen LogP contribution in [-0.2, 0) is 0 Å². The fourth-order valence-electron chi connectivity index (χ4n) is 3.23. The molecule has 0 aromatic carbocycles. The standard InChI is InChI=1S/C17H36N2/c1-7-11-18-15(16(4,5)6)13-19-12-10-17(8-2,9-3)14-19/h15,18H,7-14H2,1-6H3. The second-order valence-electron chi connectivity index (χ2n) is 7.56. The van der Waals surface area contributed by atoms with Gasteiger partial charge in [-0.2, -0.15) is 0 Å². The predicted molar refractivity (Wildman–Crippen MR) is 85.6 cm³/mol. The maximum Gasteiger partial charge on any atom is 0.0243 e. The van der Waals surface area contributed by atoms with Gasteiger partial charge in [-0.15, -0.1) is 0 Å². The lowest BCUT2D eigenvalue weighted by Crippen LogP contribution is -2.48. The van der Waals surface area contributed by atoms with Gasteiger partial charge in [-0.1, -0.05) is 41.5 Å². The first-order valence-corrected chi connectivity index (χ1v) is 8.32. The van der Waals surface area contributed by atoms with Gasteiger partial charge < -0.3 is 10.2 Å². The maximum absolute atomic E-state index is 3.76. The largest absolute Gasteiger partial charge is 0.312 e. The van der Waals surface area contributed by atoms with E-state index in [1.807, 2.05) is 0 Å². The van der Waals surface area contributed by atoms with Crippen LogP contribution in [0.3, 0.4) is 0 Å². The minimum absolute atomic E-state index is 0.346. The summed E-state index contributed by atoms with van der Waals surface area (Å²) in [6, 6.07) is 0.608. The van der Waals surface area contributed by atoms with E-state index < -0.39 is 0 Å². The van der Waals surface area contributed by atoms with Crippen molar-refractivity contribution < 1.29 is 0 Å². The van der Waals surface area contributed by atoms with Crippen LogP contribution in [0.5, 0.6) is 0 Å². The van der Waals surface area contributed by atoms with Crippen molar-refractivity contribution in [1.82, 2.24) is 10.2 Å². The van der Waals surface area contributed by atoms with Crippen molar-refractivity contribution in [3.8, 4) is 0 Å². The summed E-state index contributed by atoms with van der Waals surface area (Å²) in [6.45, 7) is 19.0. The summed E-state index contributed by atoms with van der Waals surface area (Å²) in [5.41, 5.74) is 0.950. The second kappa shape index (κ2) is 7.08. The van der Waals surface area contributed by atoms with Crippen LogP contribution in [0.4, 0.5) is 0 Å². The topological polar surface area (TPSA) is 15.3 Å². The molecule has 1 saturated heterocycles. The zero-order valence-corrected chi connectivity index (χ0v) is 14.2. The van der Waals surface area contributed by atoms with Crippen molar-refractivity contribution in [3.05, 3.63) is 0 Å². The van der Waals surface area contributed by atoms with Crippen molar-refractivity contribution in [2.45, 2.75) is 73.3 Å². The molecule has 1 fully saturated rings. The molecule has 1 heterocycles. The highest BCUT2D eigenvalue weighted by molar-refractivity contribution is 4.91. The highest BCUT2D eigenvalue weighted by Gasteiger charge is 2.36. The zero-order chi connectivity index (χ0) is 14.5. The molecule has 0 aromatic rings. The molecule has 2 nitrogen and oxygen atoms in total.